The van der Waals surface area contributed by atoms with Crippen molar-refractivity contribution in [2.24, 2.45) is 0 Å². The number of carbonyl (C=O) groups excluding carboxylic acids is 1. The summed E-state index contributed by atoms with van der Waals surface area (Å²) in [5, 5.41) is 6.74. The maximum atomic E-state index is 12.7. The third kappa shape index (κ3) is 2.73. The molecule has 0 fully saturated rings. The smallest absolute Gasteiger partial charge is 0.340 e. The first-order chi connectivity index (χ1) is 13.1. The third-order valence-corrected chi connectivity index (χ3v) is 5.22. The predicted molar refractivity (Wildman–Crippen MR) is 109 cm³/mol. The fourth-order valence-corrected chi connectivity index (χ4v) is 3.75. The second-order valence-electron chi connectivity index (χ2n) is 6.42. The van der Waals surface area contributed by atoms with Crippen molar-refractivity contribution < 1.29 is 9.53 Å². The molecule has 2 N–H and O–H groups in total. The van der Waals surface area contributed by atoms with Crippen LogP contribution in [0, 0.1) is 0 Å². The van der Waals surface area contributed by atoms with Gasteiger partial charge in [0.15, 0.2) is 5.60 Å². The van der Waals surface area contributed by atoms with Crippen LogP contribution in [0.25, 0.3) is 0 Å². The number of hydrogen-bond donors (Lipinski definition) is 2. The molecule has 1 heterocycles. The van der Waals surface area contributed by atoms with Gasteiger partial charge in [0.1, 0.15) is 0 Å². The molecule has 0 amide bonds. The fourth-order valence-electron chi connectivity index (χ4n) is 3.58. The summed E-state index contributed by atoms with van der Waals surface area (Å²) in [6.45, 7) is 0. The maximum Gasteiger partial charge on any atom is 0.340 e. The minimum Gasteiger partial charge on any atom is -0.441 e. The van der Waals surface area contributed by atoms with Gasteiger partial charge in [0.05, 0.1) is 5.56 Å². The van der Waals surface area contributed by atoms with E-state index in [0.717, 1.165) is 28.1 Å². The Morgan fingerprint density at radius 2 is 1.33 bits per heavy atom. The lowest BCUT2D eigenvalue weighted by atomic mass is 9.80. The fraction of sp³-hybridized carbons (Fsp3) is 0.136. The van der Waals surface area contributed by atoms with E-state index in [4.69, 9.17) is 16.3 Å². The van der Waals surface area contributed by atoms with Crippen LogP contribution in [-0.2, 0) is 10.3 Å². The van der Waals surface area contributed by atoms with Crippen LogP contribution in [0.2, 0.25) is 5.02 Å². The summed E-state index contributed by atoms with van der Waals surface area (Å²) in [4.78, 5) is 12.7. The van der Waals surface area contributed by atoms with Gasteiger partial charge >= 0.3 is 5.97 Å². The first kappa shape index (κ1) is 17.4. The number of halogens is 1. The van der Waals surface area contributed by atoms with Crippen LogP contribution in [-0.4, -0.2) is 20.1 Å². The molecule has 1 aliphatic heterocycles. The first-order valence-corrected chi connectivity index (χ1v) is 9.06. The van der Waals surface area contributed by atoms with Crippen LogP contribution in [0.15, 0.2) is 66.7 Å². The average molecular weight is 379 g/mol. The molecule has 0 atom stereocenters. The lowest BCUT2D eigenvalue weighted by molar-refractivity contribution is 0.0251. The third-order valence-electron chi connectivity index (χ3n) is 4.99. The van der Waals surface area contributed by atoms with Crippen molar-refractivity contribution >= 4 is 28.9 Å². The largest absolute Gasteiger partial charge is 0.441 e. The van der Waals surface area contributed by atoms with Gasteiger partial charge in [-0.3, -0.25) is 0 Å². The molecule has 5 heteroatoms. The number of benzene rings is 3. The molecule has 0 saturated carbocycles. The monoisotopic (exact) mass is 378 g/mol. The number of ether oxygens (including phenoxy) is 1. The van der Waals surface area contributed by atoms with E-state index in [1.807, 2.05) is 68.7 Å². The van der Waals surface area contributed by atoms with Crippen molar-refractivity contribution in [1.29, 1.82) is 0 Å². The van der Waals surface area contributed by atoms with Crippen molar-refractivity contribution in [2.75, 3.05) is 24.7 Å². The van der Waals surface area contributed by atoms with E-state index in [-0.39, 0.29) is 5.97 Å². The summed E-state index contributed by atoms with van der Waals surface area (Å²) in [6.07, 6.45) is 0. The molecule has 0 saturated heterocycles. The summed E-state index contributed by atoms with van der Waals surface area (Å²) in [7, 11) is 3.74. The van der Waals surface area contributed by atoms with E-state index in [0.29, 0.717) is 10.6 Å². The second-order valence-corrected chi connectivity index (χ2v) is 6.85. The molecular weight excluding hydrogens is 360 g/mol. The van der Waals surface area contributed by atoms with Crippen molar-refractivity contribution in [1.82, 2.24) is 0 Å². The van der Waals surface area contributed by atoms with Gasteiger partial charge in [-0.15, -0.1) is 0 Å². The number of hydrogen-bond acceptors (Lipinski definition) is 4. The molecule has 0 unspecified atom stereocenters. The summed E-state index contributed by atoms with van der Waals surface area (Å²) in [5.74, 6) is -0.372. The van der Waals surface area contributed by atoms with Gasteiger partial charge < -0.3 is 15.4 Å². The van der Waals surface area contributed by atoms with Crippen molar-refractivity contribution in [3.63, 3.8) is 0 Å². The van der Waals surface area contributed by atoms with Gasteiger partial charge in [-0.2, -0.15) is 0 Å². The Morgan fingerprint density at radius 1 is 0.815 bits per heavy atom. The van der Waals surface area contributed by atoms with E-state index in [1.54, 1.807) is 12.1 Å². The van der Waals surface area contributed by atoms with Gasteiger partial charge in [0.25, 0.3) is 0 Å². The number of rotatable bonds is 4. The highest BCUT2D eigenvalue weighted by molar-refractivity contribution is 6.31. The van der Waals surface area contributed by atoms with Crippen molar-refractivity contribution in [3.8, 4) is 0 Å². The van der Waals surface area contributed by atoms with E-state index in [1.165, 1.54) is 0 Å². The quantitative estimate of drug-likeness (QED) is 0.635. The highest BCUT2D eigenvalue weighted by Gasteiger charge is 2.48. The molecule has 136 valence electrons. The number of anilines is 2. The van der Waals surface area contributed by atoms with Crippen LogP contribution >= 0.6 is 11.6 Å². The molecule has 0 aromatic heterocycles. The Hall–Kier alpha value is -2.98. The minimum atomic E-state index is -1.00. The van der Waals surface area contributed by atoms with E-state index < -0.39 is 5.60 Å². The lowest BCUT2D eigenvalue weighted by Gasteiger charge is -2.30. The predicted octanol–water partition coefficient (Wildman–Crippen LogP) is 4.89. The molecule has 3 aromatic rings. The molecule has 0 spiro atoms. The number of fused-ring (bicyclic) bond motifs is 1. The SMILES string of the molecule is CNc1ccc(C2(c3ccc(NC)cc3)OC(=O)c3cc(Cl)ccc32)cc1. The number of carbonyl (C=O) groups is 1. The van der Waals surface area contributed by atoms with Crippen LogP contribution < -0.4 is 10.6 Å². The molecule has 1 aliphatic rings. The Kier molecular flexibility index (Phi) is 4.28. The molecule has 27 heavy (non-hydrogen) atoms. The van der Waals surface area contributed by atoms with Crippen LogP contribution in [0.1, 0.15) is 27.0 Å². The molecule has 0 aliphatic carbocycles. The lowest BCUT2D eigenvalue weighted by Crippen LogP contribution is -2.29. The summed E-state index contributed by atoms with van der Waals surface area (Å²) >= 11 is 6.13. The number of cyclic esters (lactones) is 1. The van der Waals surface area contributed by atoms with E-state index in [9.17, 15) is 4.79 Å². The number of esters is 1. The standard InChI is InChI=1S/C22H19ClN2O2/c1-24-17-8-3-14(4-9-17)22(15-5-10-18(25-2)11-6-15)20-12-7-16(23)13-19(20)21(26)27-22/h3-13,24-25H,1-2H3. The Morgan fingerprint density at radius 3 is 1.81 bits per heavy atom. The first-order valence-electron chi connectivity index (χ1n) is 8.68. The van der Waals surface area contributed by atoms with E-state index >= 15 is 0 Å². The summed E-state index contributed by atoms with van der Waals surface area (Å²) < 4.78 is 6.06. The Balaban J connectivity index is 1.97. The molecular formula is C22H19ClN2O2. The normalized spacial score (nSPS) is 14.4. The van der Waals surface area contributed by atoms with Gasteiger partial charge in [-0.05, 0) is 36.4 Å². The van der Waals surface area contributed by atoms with Gasteiger partial charge in [0, 0.05) is 47.2 Å². The molecule has 3 aromatic carbocycles. The van der Waals surface area contributed by atoms with Crippen molar-refractivity contribution in [3.05, 3.63) is 94.0 Å². The molecule has 0 radical (unpaired) electrons. The zero-order valence-electron chi connectivity index (χ0n) is 15.0. The Labute approximate surface area is 163 Å². The van der Waals surface area contributed by atoms with Gasteiger partial charge in [-0.1, -0.05) is 41.9 Å². The van der Waals surface area contributed by atoms with E-state index in [2.05, 4.69) is 10.6 Å². The molecule has 4 rings (SSSR count). The van der Waals surface area contributed by atoms with Crippen LogP contribution in [0.4, 0.5) is 11.4 Å². The maximum absolute atomic E-state index is 12.7. The zero-order chi connectivity index (χ0) is 19.0. The van der Waals surface area contributed by atoms with Crippen LogP contribution in [0.5, 0.6) is 0 Å². The molecule has 0 bridgehead atoms. The van der Waals surface area contributed by atoms with Gasteiger partial charge in [-0.25, -0.2) is 4.79 Å². The average Bonchev–Trinajstić information content (AvgIpc) is 3.01. The minimum absolute atomic E-state index is 0.372. The zero-order valence-corrected chi connectivity index (χ0v) is 15.8. The highest BCUT2D eigenvalue weighted by Crippen LogP contribution is 2.47. The number of nitrogens with one attached hydrogen (secondary N) is 2. The highest BCUT2D eigenvalue weighted by atomic mass is 35.5. The summed E-state index contributed by atoms with van der Waals surface area (Å²) in [5.41, 5.74) is 4.03. The topological polar surface area (TPSA) is 50.4 Å². The van der Waals surface area contributed by atoms with Gasteiger partial charge in [0.2, 0.25) is 0 Å². The summed E-state index contributed by atoms with van der Waals surface area (Å²) in [6, 6.07) is 21.2. The van der Waals surface area contributed by atoms with Crippen molar-refractivity contribution in [2.45, 2.75) is 5.60 Å². The molecule has 4 nitrogen and oxygen atoms in total. The second kappa shape index (κ2) is 6.63. The Bertz CT molecular complexity index is 950. The van der Waals surface area contributed by atoms with Crippen LogP contribution in [0.3, 0.4) is 0 Å².